The highest BCUT2D eigenvalue weighted by Gasteiger charge is 2.39. The van der Waals surface area contributed by atoms with Gasteiger partial charge in [0.05, 0.1) is 11.6 Å². The lowest BCUT2D eigenvalue weighted by Gasteiger charge is -2.24. The molecule has 0 aliphatic carbocycles. The lowest BCUT2D eigenvalue weighted by Crippen LogP contribution is -2.38. The number of hydrogen-bond acceptors (Lipinski definition) is 3. The predicted molar refractivity (Wildman–Crippen MR) is 110 cm³/mol. The minimum absolute atomic E-state index is 0.0607. The zero-order chi connectivity index (χ0) is 19.1. The van der Waals surface area contributed by atoms with Crippen molar-refractivity contribution in [3.63, 3.8) is 0 Å². The van der Waals surface area contributed by atoms with Crippen molar-refractivity contribution in [3.05, 3.63) is 42.5 Å². The molecular weight excluding hydrogens is 350 g/mol. The molecule has 2 aromatic rings. The van der Waals surface area contributed by atoms with Crippen LogP contribution in [0.25, 0.3) is 10.8 Å². The average Bonchev–Trinajstić information content (AvgIpc) is 3.28. The van der Waals surface area contributed by atoms with Gasteiger partial charge in [0.1, 0.15) is 0 Å². The summed E-state index contributed by atoms with van der Waals surface area (Å²) in [5.74, 6) is 1.42. The minimum atomic E-state index is -0.220. The molecule has 3 heterocycles. The smallest absolute Gasteiger partial charge is 0.228 e. The molecule has 0 saturated carbocycles. The molecule has 5 rings (SSSR count). The third-order valence-corrected chi connectivity index (χ3v) is 6.86. The molecule has 3 atom stereocenters. The van der Waals surface area contributed by atoms with E-state index < -0.39 is 0 Å². The minimum Gasteiger partial charge on any atom is -0.342 e. The molecule has 146 valence electrons. The number of nitrogens with one attached hydrogen (secondary N) is 1. The molecular formula is C23H27N3O2. The SMILES string of the molecule is O=C(C1CC(=O)N(c2cccc3ccccc23)C1)N1CC[C@@H]2CNC[C@@H]2CC1. The number of carbonyl (C=O) groups excluding carboxylic acids is 2. The van der Waals surface area contributed by atoms with Gasteiger partial charge in [-0.05, 0) is 49.2 Å². The van der Waals surface area contributed by atoms with Crippen LogP contribution < -0.4 is 10.2 Å². The highest BCUT2D eigenvalue weighted by molar-refractivity contribution is 6.07. The van der Waals surface area contributed by atoms with Gasteiger partial charge in [-0.1, -0.05) is 36.4 Å². The maximum absolute atomic E-state index is 13.2. The van der Waals surface area contributed by atoms with Gasteiger partial charge >= 0.3 is 0 Å². The van der Waals surface area contributed by atoms with Crippen LogP contribution >= 0.6 is 0 Å². The van der Waals surface area contributed by atoms with E-state index in [1.165, 1.54) is 0 Å². The first-order valence-electron chi connectivity index (χ1n) is 10.5. The van der Waals surface area contributed by atoms with Gasteiger partial charge in [0.15, 0.2) is 0 Å². The predicted octanol–water partition coefficient (Wildman–Crippen LogP) is 2.65. The van der Waals surface area contributed by atoms with Crippen LogP contribution in [-0.4, -0.2) is 49.4 Å². The number of fused-ring (bicyclic) bond motifs is 2. The van der Waals surface area contributed by atoms with Crippen molar-refractivity contribution in [2.45, 2.75) is 19.3 Å². The lowest BCUT2D eigenvalue weighted by atomic mass is 9.92. The molecule has 5 heteroatoms. The van der Waals surface area contributed by atoms with Gasteiger partial charge in [0.2, 0.25) is 11.8 Å². The van der Waals surface area contributed by atoms with Gasteiger partial charge < -0.3 is 15.1 Å². The van der Waals surface area contributed by atoms with Crippen molar-refractivity contribution in [3.8, 4) is 0 Å². The molecule has 2 amide bonds. The molecule has 2 aromatic carbocycles. The van der Waals surface area contributed by atoms with Gasteiger partial charge in [0, 0.05) is 31.4 Å². The standard InChI is InChI=1S/C23H27N3O2/c27-22-12-19(23(28)25-10-8-17-13-24-14-18(17)9-11-25)15-26(22)21-7-3-5-16-4-1-2-6-20(16)21/h1-7,17-19,24H,8-15H2/t17-,18+,19?. The summed E-state index contributed by atoms with van der Waals surface area (Å²) in [5, 5.41) is 5.67. The van der Waals surface area contributed by atoms with Crippen LogP contribution in [-0.2, 0) is 9.59 Å². The van der Waals surface area contributed by atoms with E-state index in [1.807, 2.05) is 34.1 Å². The van der Waals surface area contributed by atoms with Crippen molar-refractivity contribution in [2.75, 3.05) is 37.6 Å². The van der Waals surface area contributed by atoms with E-state index >= 15 is 0 Å². The molecule has 1 unspecified atom stereocenters. The summed E-state index contributed by atoms with van der Waals surface area (Å²) in [6.45, 7) is 4.34. The first-order valence-corrected chi connectivity index (χ1v) is 10.5. The van der Waals surface area contributed by atoms with Crippen molar-refractivity contribution in [1.82, 2.24) is 10.2 Å². The lowest BCUT2D eigenvalue weighted by molar-refractivity contribution is -0.135. The number of benzene rings is 2. The number of nitrogens with zero attached hydrogens (tertiary/aromatic N) is 2. The first kappa shape index (κ1) is 17.7. The van der Waals surface area contributed by atoms with Crippen LogP contribution in [0, 0.1) is 17.8 Å². The molecule has 3 aliphatic rings. The van der Waals surface area contributed by atoms with E-state index in [0.717, 1.165) is 55.5 Å². The fourth-order valence-electron chi connectivity index (χ4n) is 5.25. The fraction of sp³-hybridized carbons (Fsp3) is 0.478. The van der Waals surface area contributed by atoms with Gasteiger partial charge in [-0.2, -0.15) is 0 Å². The second-order valence-corrected chi connectivity index (χ2v) is 8.48. The zero-order valence-corrected chi connectivity index (χ0v) is 16.1. The van der Waals surface area contributed by atoms with Crippen molar-refractivity contribution < 1.29 is 9.59 Å². The first-order chi connectivity index (χ1) is 13.7. The van der Waals surface area contributed by atoms with Gasteiger partial charge in [-0.15, -0.1) is 0 Å². The maximum Gasteiger partial charge on any atom is 0.228 e. The summed E-state index contributed by atoms with van der Waals surface area (Å²) in [5.41, 5.74) is 0.926. The Kier molecular flexibility index (Phi) is 4.55. The number of carbonyl (C=O) groups is 2. The van der Waals surface area contributed by atoms with E-state index in [2.05, 4.69) is 23.5 Å². The van der Waals surface area contributed by atoms with E-state index in [0.29, 0.717) is 24.8 Å². The Balaban J connectivity index is 1.33. The Morgan fingerprint density at radius 1 is 0.964 bits per heavy atom. The van der Waals surface area contributed by atoms with Gasteiger partial charge in [-0.3, -0.25) is 9.59 Å². The Morgan fingerprint density at radius 3 is 2.46 bits per heavy atom. The summed E-state index contributed by atoms with van der Waals surface area (Å²) >= 11 is 0. The molecule has 3 saturated heterocycles. The molecule has 5 nitrogen and oxygen atoms in total. The van der Waals surface area contributed by atoms with Crippen LogP contribution in [0.1, 0.15) is 19.3 Å². The Morgan fingerprint density at radius 2 is 1.68 bits per heavy atom. The largest absolute Gasteiger partial charge is 0.342 e. The number of likely N-dealkylation sites (tertiary alicyclic amines) is 1. The summed E-state index contributed by atoms with van der Waals surface area (Å²) in [6, 6.07) is 14.2. The normalized spacial score (nSPS) is 27.9. The molecule has 0 bridgehead atoms. The third kappa shape index (κ3) is 3.08. The number of hydrogen-bond donors (Lipinski definition) is 1. The number of amides is 2. The molecule has 3 fully saturated rings. The van der Waals surface area contributed by atoms with Crippen LogP contribution in [0.15, 0.2) is 42.5 Å². The van der Waals surface area contributed by atoms with E-state index in [4.69, 9.17) is 0 Å². The molecule has 0 aromatic heterocycles. The van der Waals surface area contributed by atoms with Crippen molar-refractivity contribution >= 4 is 28.3 Å². The molecule has 28 heavy (non-hydrogen) atoms. The number of anilines is 1. The molecule has 1 N–H and O–H groups in total. The van der Waals surface area contributed by atoms with Gasteiger partial charge in [-0.25, -0.2) is 0 Å². The molecule has 0 spiro atoms. The van der Waals surface area contributed by atoms with E-state index in [9.17, 15) is 9.59 Å². The Hall–Kier alpha value is -2.40. The van der Waals surface area contributed by atoms with Crippen LogP contribution in [0.4, 0.5) is 5.69 Å². The van der Waals surface area contributed by atoms with Crippen molar-refractivity contribution in [2.24, 2.45) is 17.8 Å². The molecule has 3 aliphatic heterocycles. The van der Waals surface area contributed by atoms with Crippen LogP contribution in [0.2, 0.25) is 0 Å². The van der Waals surface area contributed by atoms with Crippen molar-refractivity contribution in [1.29, 1.82) is 0 Å². The topological polar surface area (TPSA) is 52.7 Å². The van der Waals surface area contributed by atoms with E-state index in [-0.39, 0.29) is 17.7 Å². The summed E-state index contributed by atoms with van der Waals surface area (Å²) in [6.07, 6.45) is 2.49. The summed E-state index contributed by atoms with van der Waals surface area (Å²) < 4.78 is 0. The second kappa shape index (κ2) is 7.21. The Bertz CT molecular complexity index is 892. The fourth-order valence-corrected chi connectivity index (χ4v) is 5.25. The van der Waals surface area contributed by atoms with Crippen LogP contribution in [0.5, 0.6) is 0 Å². The zero-order valence-electron chi connectivity index (χ0n) is 16.1. The number of rotatable bonds is 2. The Labute approximate surface area is 165 Å². The highest BCUT2D eigenvalue weighted by atomic mass is 16.2. The molecule has 0 radical (unpaired) electrons. The average molecular weight is 377 g/mol. The maximum atomic E-state index is 13.2. The summed E-state index contributed by atoms with van der Waals surface area (Å²) in [4.78, 5) is 29.8. The highest BCUT2D eigenvalue weighted by Crippen LogP contribution is 2.33. The summed E-state index contributed by atoms with van der Waals surface area (Å²) in [7, 11) is 0. The second-order valence-electron chi connectivity index (χ2n) is 8.48. The third-order valence-electron chi connectivity index (χ3n) is 6.86. The van der Waals surface area contributed by atoms with Crippen LogP contribution in [0.3, 0.4) is 0 Å². The quantitative estimate of drug-likeness (QED) is 0.875. The van der Waals surface area contributed by atoms with E-state index in [1.54, 1.807) is 0 Å². The van der Waals surface area contributed by atoms with Gasteiger partial charge in [0.25, 0.3) is 0 Å². The monoisotopic (exact) mass is 377 g/mol.